The van der Waals surface area contributed by atoms with Crippen LogP contribution in [-0.2, 0) is 26.2 Å². The lowest BCUT2D eigenvalue weighted by Gasteiger charge is -2.31. The molecule has 0 saturated carbocycles. The smallest absolute Gasteiger partial charge is 0.244 e. The Hall–Kier alpha value is -2.78. The second-order valence-electron chi connectivity index (χ2n) is 7.16. The van der Waals surface area contributed by atoms with Gasteiger partial charge in [-0.3, -0.25) is 13.9 Å². The van der Waals surface area contributed by atoms with Crippen molar-refractivity contribution in [2.45, 2.75) is 26.4 Å². The molecule has 2 rings (SSSR count). The number of halogens is 1. The molecule has 2 amide bonds. The van der Waals surface area contributed by atoms with Gasteiger partial charge >= 0.3 is 0 Å². The maximum atomic E-state index is 13.4. The number of nitrogens with zero attached hydrogens (tertiary/aromatic N) is 2. The Morgan fingerprint density at radius 3 is 2.44 bits per heavy atom. The number of hydrogen-bond donors (Lipinski definition) is 1. The number of carbonyl (C=O) groups excluding carboxylic acids is 2. The van der Waals surface area contributed by atoms with E-state index in [0.717, 1.165) is 16.1 Å². The van der Waals surface area contributed by atoms with E-state index in [1.54, 1.807) is 56.3 Å². The molecular formula is C22H28ClN3O5S. The van der Waals surface area contributed by atoms with Gasteiger partial charge in [-0.1, -0.05) is 35.9 Å². The van der Waals surface area contributed by atoms with Crippen LogP contribution >= 0.6 is 11.6 Å². The zero-order valence-electron chi connectivity index (χ0n) is 18.5. The Kier molecular flexibility index (Phi) is 8.91. The molecular weight excluding hydrogens is 454 g/mol. The van der Waals surface area contributed by atoms with Crippen LogP contribution in [0, 0.1) is 0 Å². The van der Waals surface area contributed by atoms with Crippen molar-refractivity contribution in [3.63, 3.8) is 0 Å². The molecule has 10 heteroatoms. The maximum Gasteiger partial charge on any atom is 0.244 e. The molecule has 0 aliphatic heterocycles. The van der Waals surface area contributed by atoms with Crippen LogP contribution < -0.4 is 14.4 Å². The summed E-state index contributed by atoms with van der Waals surface area (Å²) in [6.07, 6.45) is 1.00. The Morgan fingerprint density at radius 2 is 1.84 bits per heavy atom. The zero-order valence-corrected chi connectivity index (χ0v) is 20.1. The SMILES string of the molecule is CCNC(=O)[C@@H](C)N(Cc1cccc(OC)c1)C(=O)CN(c1ccccc1Cl)S(C)(=O)=O. The van der Waals surface area contributed by atoms with Gasteiger partial charge in [0.15, 0.2) is 0 Å². The first-order valence-electron chi connectivity index (χ1n) is 10.0. The fraction of sp³-hybridized carbons (Fsp3) is 0.364. The van der Waals surface area contributed by atoms with Gasteiger partial charge in [0.2, 0.25) is 21.8 Å². The van der Waals surface area contributed by atoms with Gasteiger partial charge < -0.3 is 15.0 Å². The van der Waals surface area contributed by atoms with Gasteiger partial charge in [-0.15, -0.1) is 0 Å². The van der Waals surface area contributed by atoms with Gasteiger partial charge in [-0.05, 0) is 43.7 Å². The topological polar surface area (TPSA) is 96.0 Å². The first-order chi connectivity index (χ1) is 15.1. The molecule has 0 spiro atoms. The number of methoxy groups -OCH3 is 1. The first-order valence-corrected chi connectivity index (χ1v) is 12.2. The lowest BCUT2D eigenvalue weighted by molar-refractivity contribution is -0.139. The number of likely N-dealkylation sites (N-methyl/N-ethyl adjacent to an activating group) is 1. The predicted molar refractivity (Wildman–Crippen MR) is 125 cm³/mol. The van der Waals surface area contributed by atoms with E-state index in [2.05, 4.69) is 5.32 Å². The van der Waals surface area contributed by atoms with Gasteiger partial charge in [0.1, 0.15) is 18.3 Å². The summed E-state index contributed by atoms with van der Waals surface area (Å²) in [4.78, 5) is 27.2. The monoisotopic (exact) mass is 481 g/mol. The molecule has 32 heavy (non-hydrogen) atoms. The Balaban J connectivity index is 2.40. The standard InChI is InChI=1S/C22H28ClN3O5S/c1-5-24-22(28)16(2)25(14-17-9-8-10-18(13-17)31-3)21(27)15-26(32(4,29)30)20-12-7-6-11-19(20)23/h6-13,16H,5,14-15H2,1-4H3,(H,24,28)/t16-/m1/s1. The van der Waals surface area contributed by atoms with E-state index in [1.807, 2.05) is 0 Å². The number of para-hydroxylation sites is 1. The van der Waals surface area contributed by atoms with Gasteiger partial charge in [-0.2, -0.15) is 0 Å². The number of amides is 2. The molecule has 0 heterocycles. The highest BCUT2D eigenvalue weighted by Crippen LogP contribution is 2.27. The molecule has 0 bridgehead atoms. The minimum absolute atomic E-state index is 0.0917. The van der Waals surface area contributed by atoms with E-state index in [1.165, 1.54) is 18.1 Å². The summed E-state index contributed by atoms with van der Waals surface area (Å²) in [5.74, 6) is -0.279. The highest BCUT2D eigenvalue weighted by atomic mass is 35.5. The second-order valence-corrected chi connectivity index (χ2v) is 9.48. The van der Waals surface area contributed by atoms with E-state index >= 15 is 0 Å². The summed E-state index contributed by atoms with van der Waals surface area (Å²) < 4.78 is 31.2. The largest absolute Gasteiger partial charge is 0.497 e. The molecule has 0 aromatic heterocycles. The highest BCUT2D eigenvalue weighted by molar-refractivity contribution is 7.92. The lowest BCUT2D eigenvalue weighted by Crippen LogP contribution is -2.51. The average molecular weight is 482 g/mol. The number of carbonyl (C=O) groups is 2. The summed E-state index contributed by atoms with van der Waals surface area (Å²) >= 11 is 6.20. The van der Waals surface area contributed by atoms with Crippen molar-refractivity contribution in [1.29, 1.82) is 0 Å². The van der Waals surface area contributed by atoms with Crippen molar-refractivity contribution in [3.8, 4) is 5.75 Å². The van der Waals surface area contributed by atoms with E-state index in [4.69, 9.17) is 16.3 Å². The number of rotatable bonds is 10. The fourth-order valence-corrected chi connectivity index (χ4v) is 4.27. The summed E-state index contributed by atoms with van der Waals surface area (Å²) in [6, 6.07) is 12.6. The quantitative estimate of drug-likeness (QED) is 0.562. The van der Waals surface area contributed by atoms with Crippen LogP contribution in [0.2, 0.25) is 5.02 Å². The third kappa shape index (κ3) is 6.61. The van der Waals surface area contributed by atoms with Gasteiger partial charge in [0.25, 0.3) is 0 Å². The molecule has 0 fully saturated rings. The normalized spacial score (nSPS) is 12.0. The highest BCUT2D eigenvalue weighted by Gasteiger charge is 2.30. The van der Waals surface area contributed by atoms with Crippen LogP contribution in [0.25, 0.3) is 0 Å². The molecule has 1 N–H and O–H groups in total. The zero-order chi connectivity index (χ0) is 23.9. The van der Waals surface area contributed by atoms with E-state index < -0.39 is 28.5 Å². The van der Waals surface area contributed by atoms with Crippen molar-refractivity contribution in [1.82, 2.24) is 10.2 Å². The molecule has 1 atom stereocenters. The fourth-order valence-electron chi connectivity index (χ4n) is 3.12. The number of nitrogens with one attached hydrogen (secondary N) is 1. The molecule has 0 radical (unpaired) electrons. The maximum absolute atomic E-state index is 13.4. The van der Waals surface area contributed by atoms with Gasteiger partial charge in [0.05, 0.1) is 24.1 Å². The Morgan fingerprint density at radius 1 is 1.16 bits per heavy atom. The van der Waals surface area contributed by atoms with Crippen LogP contribution in [0.5, 0.6) is 5.75 Å². The Bertz CT molecular complexity index is 1060. The first kappa shape index (κ1) is 25.5. The third-order valence-corrected chi connectivity index (χ3v) is 6.25. The molecule has 2 aromatic carbocycles. The third-order valence-electron chi connectivity index (χ3n) is 4.81. The second kappa shape index (κ2) is 11.2. The van der Waals surface area contributed by atoms with Crippen molar-refractivity contribution >= 4 is 39.1 Å². The predicted octanol–water partition coefficient (Wildman–Crippen LogP) is 2.67. The minimum Gasteiger partial charge on any atom is -0.497 e. The number of anilines is 1. The van der Waals surface area contributed by atoms with E-state index in [0.29, 0.717) is 12.3 Å². The number of ether oxygens (including phenoxy) is 1. The summed E-state index contributed by atoms with van der Waals surface area (Å²) in [7, 11) is -2.29. The molecule has 2 aromatic rings. The van der Waals surface area contributed by atoms with Crippen molar-refractivity contribution in [2.75, 3.05) is 30.8 Å². The number of sulfonamides is 1. The van der Waals surface area contributed by atoms with Crippen molar-refractivity contribution in [2.24, 2.45) is 0 Å². The van der Waals surface area contributed by atoms with E-state index in [9.17, 15) is 18.0 Å². The molecule has 174 valence electrons. The van der Waals surface area contributed by atoms with Crippen LogP contribution in [0.1, 0.15) is 19.4 Å². The summed E-state index contributed by atoms with van der Waals surface area (Å²) in [5, 5.41) is 2.90. The lowest BCUT2D eigenvalue weighted by atomic mass is 10.1. The van der Waals surface area contributed by atoms with Crippen LogP contribution in [0.15, 0.2) is 48.5 Å². The molecule has 0 aliphatic carbocycles. The van der Waals surface area contributed by atoms with Crippen molar-refractivity contribution in [3.05, 3.63) is 59.1 Å². The minimum atomic E-state index is -3.83. The molecule has 0 aliphatic rings. The van der Waals surface area contributed by atoms with E-state index in [-0.39, 0.29) is 23.2 Å². The van der Waals surface area contributed by atoms with Gasteiger partial charge in [-0.25, -0.2) is 8.42 Å². The molecule has 0 unspecified atom stereocenters. The summed E-state index contributed by atoms with van der Waals surface area (Å²) in [5.41, 5.74) is 0.925. The number of hydrogen-bond acceptors (Lipinski definition) is 5. The number of benzene rings is 2. The molecule has 0 saturated heterocycles. The molecule has 8 nitrogen and oxygen atoms in total. The average Bonchev–Trinajstić information content (AvgIpc) is 2.75. The van der Waals surface area contributed by atoms with Crippen LogP contribution in [0.3, 0.4) is 0 Å². The van der Waals surface area contributed by atoms with Crippen LogP contribution in [-0.4, -0.2) is 57.6 Å². The van der Waals surface area contributed by atoms with Crippen molar-refractivity contribution < 1.29 is 22.7 Å². The van der Waals surface area contributed by atoms with Crippen LogP contribution in [0.4, 0.5) is 5.69 Å². The van der Waals surface area contributed by atoms with Gasteiger partial charge in [0, 0.05) is 13.1 Å². The Labute approximate surface area is 194 Å². The summed E-state index contributed by atoms with van der Waals surface area (Å²) in [6.45, 7) is 3.37.